The number of aromatic nitrogens is 3. The number of rotatable bonds is 10. The minimum absolute atomic E-state index is 0.168. The number of carbonyl (C=O) groups is 1. The van der Waals surface area contributed by atoms with E-state index in [2.05, 4.69) is 26.2 Å². The number of nitrogens with one attached hydrogen (secondary N) is 1. The lowest BCUT2D eigenvalue weighted by Crippen LogP contribution is -2.29. The SMILES string of the molecule is CCOc1cc(C2C(C(=O)OCc3ccccc3)=C(C)Nc3nc(SCC)nn32)cc(Br)c1OCC. The second-order valence-corrected chi connectivity index (χ2v) is 10.0. The van der Waals surface area contributed by atoms with Gasteiger partial charge in [0.2, 0.25) is 11.1 Å². The van der Waals surface area contributed by atoms with Gasteiger partial charge in [0.1, 0.15) is 12.6 Å². The van der Waals surface area contributed by atoms with Gasteiger partial charge >= 0.3 is 5.97 Å². The van der Waals surface area contributed by atoms with Crippen molar-refractivity contribution in [3.05, 3.63) is 69.3 Å². The van der Waals surface area contributed by atoms with Crippen LogP contribution >= 0.6 is 27.7 Å². The van der Waals surface area contributed by atoms with Gasteiger partial charge in [-0.25, -0.2) is 9.48 Å². The molecule has 8 nitrogen and oxygen atoms in total. The van der Waals surface area contributed by atoms with Crippen LogP contribution in [0.15, 0.2) is 63.4 Å². The van der Waals surface area contributed by atoms with Crippen molar-refractivity contribution in [2.75, 3.05) is 24.3 Å². The first-order chi connectivity index (χ1) is 17.5. The molecule has 36 heavy (non-hydrogen) atoms. The minimum Gasteiger partial charge on any atom is -0.490 e. The van der Waals surface area contributed by atoms with Gasteiger partial charge in [0.15, 0.2) is 11.5 Å². The van der Waals surface area contributed by atoms with Gasteiger partial charge in [-0.15, -0.1) is 5.10 Å². The molecule has 0 bridgehead atoms. The Kier molecular flexibility index (Phi) is 8.58. The van der Waals surface area contributed by atoms with Crippen molar-refractivity contribution >= 4 is 39.6 Å². The Labute approximate surface area is 223 Å². The maximum Gasteiger partial charge on any atom is 0.338 e. The predicted octanol–water partition coefficient (Wildman–Crippen LogP) is 5.98. The molecule has 1 aliphatic heterocycles. The summed E-state index contributed by atoms with van der Waals surface area (Å²) in [5, 5.41) is 8.60. The lowest BCUT2D eigenvalue weighted by molar-refractivity contribution is -0.140. The number of carbonyl (C=O) groups excluding carboxylic acids is 1. The first-order valence-electron chi connectivity index (χ1n) is 11.8. The van der Waals surface area contributed by atoms with Gasteiger partial charge in [-0.3, -0.25) is 0 Å². The molecular weight excluding hydrogens is 544 g/mol. The van der Waals surface area contributed by atoms with E-state index in [4.69, 9.17) is 19.3 Å². The van der Waals surface area contributed by atoms with E-state index in [1.54, 1.807) is 4.68 Å². The Balaban J connectivity index is 1.79. The molecule has 0 radical (unpaired) electrons. The average Bonchev–Trinajstić information content (AvgIpc) is 3.26. The molecule has 4 rings (SSSR count). The molecule has 0 saturated heterocycles. The largest absolute Gasteiger partial charge is 0.490 e. The third-order valence-electron chi connectivity index (χ3n) is 5.48. The van der Waals surface area contributed by atoms with Crippen LogP contribution in [-0.2, 0) is 16.1 Å². The minimum atomic E-state index is -0.575. The zero-order chi connectivity index (χ0) is 25.7. The van der Waals surface area contributed by atoms with Gasteiger partial charge in [0.05, 0.1) is 23.3 Å². The summed E-state index contributed by atoms with van der Waals surface area (Å²) in [6.45, 7) is 8.86. The standard InChI is InChI=1S/C26H29BrN4O4S/c1-5-33-20-14-18(13-19(27)23(20)34-6-2)22-21(24(32)35-15-17-11-9-8-10-12-17)16(4)28-25-29-26(36-7-3)30-31(22)25/h8-14,22H,5-7,15H2,1-4H3,(H,28,29,30). The summed E-state index contributed by atoms with van der Waals surface area (Å²) >= 11 is 5.17. The maximum absolute atomic E-state index is 13.5. The number of esters is 1. The number of benzene rings is 2. The molecule has 1 N–H and O–H groups in total. The zero-order valence-corrected chi connectivity index (χ0v) is 23.1. The van der Waals surface area contributed by atoms with Crippen LogP contribution in [0.25, 0.3) is 0 Å². The molecule has 2 aromatic carbocycles. The molecule has 0 spiro atoms. The molecule has 0 amide bonds. The van der Waals surface area contributed by atoms with Crippen LogP contribution < -0.4 is 14.8 Å². The van der Waals surface area contributed by atoms with Gasteiger partial charge < -0.3 is 19.5 Å². The molecule has 2 heterocycles. The Bertz CT molecular complexity index is 1260. The molecule has 0 fully saturated rings. The second kappa shape index (κ2) is 11.8. The molecule has 10 heteroatoms. The van der Waals surface area contributed by atoms with Crippen LogP contribution in [0.1, 0.15) is 44.9 Å². The number of thioether (sulfide) groups is 1. The van der Waals surface area contributed by atoms with Crippen molar-refractivity contribution < 1.29 is 19.0 Å². The topological polar surface area (TPSA) is 87.5 Å². The first kappa shape index (κ1) is 26.1. The second-order valence-electron chi connectivity index (χ2n) is 7.92. The highest BCUT2D eigenvalue weighted by Gasteiger charge is 2.36. The van der Waals surface area contributed by atoms with Crippen LogP contribution in [0, 0.1) is 0 Å². The highest BCUT2D eigenvalue weighted by Crippen LogP contribution is 2.43. The van der Waals surface area contributed by atoms with Crippen molar-refractivity contribution in [1.29, 1.82) is 0 Å². The first-order valence-corrected chi connectivity index (χ1v) is 13.6. The lowest BCUT2D eigenvalue weighted by atomic mass is 9.95. The van der Waals surface area contributed by atoms with Gasteiger partial charge in [-0.1, -0.05) is 49.0 Å². The van der Waals surface area contributed by atoms with Crippen LogP contribution in [0.4, 0.5) is 5.95 Å². The average molecular weight is 574 g/mol. The molecular formula is C26H29BrN4O4S. The summed E-state index contributed by atoms with van der Waals surface area (Å²) in [6.07, 6.45) is 0. The van der Waals surface area contributed by atoms with Crippen molar-refractivity contribution in [3.8, 4) is 11.5 Å². The van der Waals surface area contributed by atoms with Crippen LogP contribution in [-0.4, -0.2) is 39.7 Å². The predicted molar refractivity (Wildman–Crippen MR) is 144 cm³/mol. The van der Waals surface area contributed by atoms with Crippen molar-refractivity contribution in [1.82, 2.24) is 14.8 Å². The molecule has 190 valence electrons. The molecule has 1 aliphatic rings. The number of ether oxygens (including phenoxy) is 3. The molecule has 1 atom stereocenters. The number of fused-ring (bicyclic) bond motifs is 1. The smallest absolute Gasteiger partial charge is 0.338 e. The summed E-state index contributed by atoms with van der Waals surface area (Å²) in [4.78, 5) is 18.2. The summed E-state index contributed by atoms with van der Waals surface area (Å²) in [5.41, 5.74) is 2.82. The van der Waals surface area contributed by atoms with E-state index < -0.39 is 12.0 Å². The quantitative estimate of drug-likeness (QED) is 0.234. The Morgan fingerprint density at radius 2 is 1.89 bits per heavy atom. The Morgan fingerprint density at radius 3 is 2.58 bits per heavy atom. The number of allylic oxidation sites excluding steroid dienone is 1. The molecule has 0 saturated carbocycles. The van der Waals surface area contributed by atoms with Crippen LogP contribution in [0.3, 0.4) is 0 Å². The third-order valence-corrected chi connectivity index (χ3v) is 6.78. The van der Waals surface area contributed by atoms with Gasteiger partial charge in [0, 0.05) is 5.70 Å². The molecule has 0 aliphatic carbocycles. The summed E-state index contributed by atoms with van der Waals surface area (Å²) in [7, 11) is 0. The summed E-state index contributed by atoms with van der Waals surface area (Å²) in [5.74, 6) is 2.17. The van der Waals surface area contributed by atoms with Crippen molar-refractivity contribution in [3.63, 3.8) is 0 Å². The number of hydrogen-bond donors (Lipinski definition) is 1. The molecule has 1 unspecified atom stereocenters. The summed E-state index contributed by atoms with van der Waals surface area (Å²) in [6, 6.07) is 12.9. The fourth-order valence-corrected chi connectivity index (χ4v) is 5.12. The fourth-order valence-electron chi connectivity index (χ4n) is 3.99. The Morgan fingerprint density at radius 1 is 1.14 bits per heavy atom. The van der Waals surface area contributed by atoms with E-state index >= 15 is 0 Å². The van der Waals surface area contributed by atoms with Gasteiger partial charge in [-0.2, -0.15) is 4.98 Å². The number of halogens is 1. The molecule has 1 aromatic heterocycles. The Hall–Kier alpha value is -2.98. The number of hydrogen-bond acceptors (Lipinski definition) is 8. The highest BCUT2D eigenvalue weighted by molar-refractivity contribution is 9.10. The normalized spacial score (nSPS) is 14.8. The number of anilines is 1. The van der Waals surface area contributed by atoms with E-state index in [1.165, 1.54) is 11.8 Å². The van der Waals surface area contributed by atoms with Gasteiger partial charge in [0.25, 0.3) is 0 Å². The number of nitrogens with zero attached hydrogens (tertiary/aromatic N) is 3. The van der Waals surface area contributed by atoms with Crippen molar-refractivity contribution in [2.45, 2.75) is 45.5 Å². The summed E-state index contributed by atoms with van der Waals surface area (Å²) < 4.78 is 20.0. The van der Waals surface area contributed by atoms with E-state index in [-0.39, 0.29) is 6.61 Å². The van der Waals surface area contributed by atoms with Crippen LogP contribution in [0.2, 0.25) is 0 Å². The van der Waals surface area contributed by atoms with Gasteiger partial charge in [-0.05, 0) is 65.7 Å². The van der Waals surface area contributed by atoms with Crippen molar-refractivity contribution in [2.24, 2.45) is 0 Å². The third kappa shape index (κ3) is 5.54. The van der Waals surface area contributed by atoms with E-state index in [1.807, 2.05) is 70.2 Å². The van der Waals surface area contributed by atoms with E-state index in [9.17, 15) is 4.79 Å². The highest BCUT2D eigenvalue weighted by atomic mass is 79.9. The lowest BCUT2D eigenvalue weighted by Gasteiger charge is -2.29. The zero-order valence-electron chi connectivity index (χ0n) is 20.7. The monoisotopic (exact) mass is 572 g/mol. The van der Waals surface area contributed by atoms with E-state index in [0.29, 0.717) is 47.1 Å². The molecule has 3 aromatic rings. The fraction of sp³-hybridized carbons (Fsp3) is 0.346. The maximum atomic E-state index is 13.5. The van der Waals surface area contributed by atoms with E-state index in [0.717, 1.165) is 21.4 Å². The van der Waals surface area contributed by atoms with Crippen LogP contribution in [0.5, 0.6) is 11.5 Å².